The molecule has 0 amide bonds. The molecule has 6 nitrogen and oxygen atoms in total. The van der Waals surface area contributed by atoms with Crippen LogP contribution >= 0.6 is 0 Å². The smallest absolute Gasteiger partial charge is 0.193 e. The summed E-state index contributed by atoms with van der Waals surface area (Å²) in [5, 5.41) is 3.04. The largest absolute Gasteiger partial charge is 0.497 e. The zero-order valence-electron chi connectivity index (χ0n) is 13.1. The third-order valence-corrected chi connectivity index (χ3v) is 3.42. The van der Waals surface area contributed by atoms with Crippen molar-refractivity contribution in [3.63, 3.8) is 0 Å². The second kappa shape index (κ2) is 9.27. The normalized spacial score (nSPS) is 18.4. The fourth-order valence-electron chi connectivity index (χ4n) is 2.22. The van der Waals surface area contributed by atoms with E-state index in [1.54, 1.807) is 7.11 Å². The van der Waals surface area contributed by atoms with Crippen LogP contribution in [-0.4, -0.2) is 45.5 Å². The fourth-order valence-corrected chi connectivity index (χ4v) is 2.22. The number of rotatable bonds is 8. The van der Waals surface area contributed by atoms with Crippen LogP contribution in [0.5, 0.6) is 5.75 Å². The quantitative estimate of drug-likeness (QED) is 0.436. The number of ether oxygens (including phenoxy) is 3. The second-order valence-electron chi connectivity index (χ2n) is 5.18. The summed E-state index contributed by atoms with van der Waals surface area (Å²) in [4.78, 5) is 4.27. The van der Waals surface area contributed by atoms with Crippen LogP contribution in [-0.2, 0) is 9.47 Å². The lowest BCUT2D eigenvalue weighted by Gasteiger charge is -2.09. The topological polar surface area (TPSA) is 78.1 Å². The Morgan fingerprint density at radius 2 is 2.23 bits per heavy atom. The van der Waals surface area contributed by atoms with E-state index in [0.717, 1.165) is 37.3 Å². The molecule has 0 radical (unpaired) electrons. The summed E-state index contributed by atoms with van der Waals surface area (Å²) in [5.74, 6) is 1.22. The molecule has 1 heterocycles. The summed E-state index contributed by atoms with van der Waals surface area (Å²) in [6.45, 7) is 2.87. The zero-order valence-corrected chi connectivity index (χ0v) is 13.1. The summed E-state index contributed by atoms with van der Waals surface area (Å²) >= 11 is 0. The maximum Gasteiger partial charge on any atom is 0.193 e. The average molecular weight is 307 g/mol. The van der Waals surface area contributed by atoms with Crippen molar-refractivity contribution in [1.82, 2.24) is 0 Å². The molecule has 2 rings (SSSR count). The summed E-state index contributed by atoms with van der Waals surface area (Å²) in [6, 6.07) is 7.53. The Morgan fingerprint density at radius 3 is 2.91 bits per heavy atom. The molecule has 1 aromatic rings. The van der Waals surface area contributed by atoms with Crippen LogP contribution in [0.1, 0.15) is 19.3 Å². The van der Waals surface area contributed by atoms with Crippen LogP contribution < -0.4 is 15.8 Å². The third-order valence-electron chi connectivity index (χ3n) is 3.42. The van der Waals surface area contributed by atoms with E-state index in [9.17, 15) is 0 Å². The molecule has 1 saturated heterocycles. The first-order valence-corrected chi connectivity index (χ1v) is 7.68. The van der Waals surface area contributed by atoms with Crippen LogP contribution in [0.3, 0.4) is 0 Å². The SMILES string of the molecule is COc1ccc(NC(N)=NCCCOCC2CCCO2)cc1. The molecule has 0 bridgehead atoms. The highest BCUT2D eigenvalue weighted by Crippen LogP contribution is 2.14. The maximum atomic E-state index is 5.84. The molecular formula is C16H25N3O3. The molecule has 122 valence electrons. The highest BCUT2D eigenvalue weighted by molar-refractivity contribution is 5.92. The van der Waals surface area contributed by atoms with Crippen LogP contribution in [0, 0.1) is 0 Å². The van der Waals surface area contributed by atoms with Gasteiger partial charge in [0, 0.05) is 25.4 Å². The number of methoxy groups -OCH3 is 1. The van der Waals surface area contributed by atoms with Gasteiger partial charge in [0.25, 0.3) is 0 Å². The predicted octanol–water partition coefficient (Wildman–Crippen LogP) is 2.01. The highest BCUT2D eigenvalue weighted by atomic mass is 16.5. The lowest BCUT2D eigenvalue weighted by Crippen LogP contribution is -2.23. The van der Waals surface area contributed by atoms with E-state index in [2.05, 4.69) is 10.3 Å². The molecule has 22 heavy (non-hydrogen) atoms. The summed E-state index contributed by atoms with van der Waals surface area (Å²) < 4.78 is 16.2. The van der Waals surface area contributed by atoms with Gasteiger partial charge in [-0.25, -0.2) is 0 Å². The van der Waals surface area contributed by atoms with Gasteiger partial charge in [-0.05, 0) is 43.5 Å². The highest BCUT2D eigenvalue weighted by Gasteiger charge is 2.14. The van der Waals surface area contributed by atoms with Crippen molar-refractivity contribution < 1.29 is 14.2 Å². The van der Waals surface area contributed by atoms with Crippen LogP contribution in [0.25, 0.3) is 0 Å². The van der Waals surface area contributed by atoms with Gasteiger partial charge in [0.2, 0.25) is 0 Å². The molecule has 1 unspecified atom stereocenters. The Labute approximate surface area is 131 Å². The van der Waals surface area contributed by atoms with E-state index in [0.29, 0.717) is 25.7 Å². The minimum atomic E-state index is 0.283. The van der Waals surface area contributed by atoms with Gasteiger partial charge in [0.1, 0.15) is 5.75 Å². The van der Waals surface area contributed by atoms with E-state index >= 15 is 0 Å². The molecular weight excluding hydrogens is 282 g/mol. The Balaban J connectivity index is 1.58. The van der Waals surface area contributed by atoms with E-state index in [-0.39, 0.29) is 6.10 Å². The minimum absolute atomic E-state index is 0.283. The van der Waals surface area contributed by atoms with Crippen molar-refractivity contribution in [2.75, 3.05) is 38.8 Å². The number of benzene rings is 1. The molecule has 1 aromatic carbocycles. The Bertz CT molecular complexity index is 456. The molecule has 1 aliphatic heterocycles. The molecule has 0 saturated carbocycles. The van der Waals surface area contributed by atoms with Crippen LogP contribution in [0.2, 0.25) is 0 Å². The first-order chi connectivity index (χ1) is 10.8. The van der Waals surface area contributed by atoms with Gasteiger partial charge in [0.05, 0.1) is 19.8 Å². The molecule has 0 aliphatic carbocycles. The Kier molecular flexibility index (Phi) is 6.99. The van der Waals surface area contributed by atoms with Crippen molar-refractivity contribution in [1.29, 1.82) is 0 Å². The first-order valence-electron chi connectivity index (χ1n) is 7.68. The number of anilines is 1. The molecule has 0 spiro atoms. The van der Waals surface area contributed by atoms with Crippen molar-refractivity contribution in [2.24, 2.45) is 10.7 Å². The summed E-state index contributed by atoms with van der Waals surface area (Å²) in [7, 11) is 1.64. The van der Waals surface area contributed by atoms with Crippen molar-refractivity contribution in [2.45, 2.75) is 25.4 Å². The zero-order chi connectivity index (χ0) is 15.6. The Hall–Kier alpha value is -1.79. The van der Waals surface area contributed by atoms with E-state index < -0.39 is 0 Å². The number of nitrogens with two attached hydrogens (primary N) is 1. The van der Waals surface area contributed by atoms with Crippen LogP contribution in [0.4, 0.5) is 5.69 Å². The van der Waals surface area contributed by atoms with Gasteiger partial charge in [-0.3, -0.25) is 4.99 Å². The maximum absolute atomic E-state index is 5.84. The van der Waals surface area contributed by atoms with E-state index in [1.807, 2.05) is 24.3 Å². The minimum Gasteiger partial charge on any atom is -0.497 e. The molecule has 0 aromatic heterocycles. The van der Waals surface area contributed by atoms with Crippen LogP contribution in [0.15, 0.2) is 29.3 Å². The molecule has 1 aliphatic rings. The van der Waals surface area contributed by atoms with E-state index in [4.69, 9.17) is 19.9 Å². The summed E-state index contributed by atoms with van der Waals surface area (Å²) in [5.41, 5.74) is 6.72. The van der Waals surface area contributed by atoms with Gasteiger partial charge in [0.15, 0.2) is 5.96 Å². The van der Waals surface area contributed by atoms with Crippen molar-refractivity contribution >= 4 is 11.6 Å². The number of nitrogens with zero attached hydrogens (tertiary/aromatic N) is 1. The summed E-state index contributed by atoms with van der Waals surface area (Å²) in [6.07, 6.45) is 3.38. The van der Waals surface area contributed by atoms with Gasteiger partial charge < -0.3 is 25.3 Å². The standard InChI is InChI=1S/C16H25N3O3/c1-20-14-7-5-13(6-8-14)19-16(17)18-9-3-10-21-12-15-4-2-11-22-15/h5-8,15H,2-4,9-12H2,1H3,(H3,17,18,19). The third kappa shape index (κ3) is 5.91. The second-order valence-corrected chi connectivity index (χ2v) is 5.18. The number of guanidine groups is 1. The lowest BCUT2D eigenvalue weighted by molar-refractivity contribution is 0.0171. The van der Waals surface area contributed by atoms with Crippen molar-refractivity contribution in [3.05, 3.63) is 24.3 Å². The van der Waals surface area contributed by atoms with Gasteiger partial charge in [-0.2, -0.15) is 0 Å². The first kappa shape index (κ1) is 16.6. The number of hydrogen-bond acceptors (Lipinski definition) is 4. The fraction of sp³-hybridized carbons (Fsp3) is 0.562. The monoisotopic (exact) mass is 307 g/mol. The van der Waals surface area contributed by atoms with Gasteiger partial charge in [-0.1, -0.05) is 0 Å². The number of nitrogens with one attached hydrogen (secondary N) is 1. The average Bonchev–Trinajstić information content (AvgIpc) is 3.05. The molecule has 1 atom stereocenters. The Morgan fingerprint density at radius 1 is 1.41 bits per heavy atom. The lowest BCUT2D eigenvalue weighted by atomic mass is 10.2. The molecule has 6 heteroatoms. The predicted molar refractivity (Wildman–Crippen MR) is 87.5 cm³/mol. The van der Waals surface area contributed by atoms with Gasteiger partial charge >= 0.3 is 0 Å². The van der Waals surface area contributed by atoms with E-state index in [1.165, 1.54) is 0 Å². The molecule has 1 fully saturated rings. The van der Waals surface area contributed by atoms with Crippen molar-refractivity contribution in [3.8, 4) is 5.75 Å². The number of hydrogen-bond donors (Lipinski definition) is 2. The van der Waals surface area contributed by atoms with Gasteiger partial charge in [-0.15, -0.1) is 0 Å². The molecule has 3 N–H and O–H groups in total. The number of aliphatic imine (C=N–C) groups is 1.